The molecule has 0 aromatic heterocycles. The summed E-state index contributed by atoms with van der Waals surface area (Å²) in [6.07, 6.45) is 15.6. The smallest absolute Gasteiger partial charge is 0.194 e. The number of halogens is 6. The van der Waals surface area contributed by atoms with Gasteiger partial charge in [-0.15, -0.1) is 0 Å². The molecule has 1 spiro atoms. The maximum absolute atomic E-state index is 16.4. The molecule has 6 aliphatic carbocycles. The van der Waals surface area contributed by atoms with E-state index in [9.17, 15) is 0 Å². The van der Waals surface area contributed by atoms with Crippen LogP contribution < -0.4 is 9.80 Å². The van der Waals surface area contributed by atoms with E-state index in [0.717, 1.165) is 183 Å². The van der Waals surface area contributed by atoms with Gasteiger partial charge >= 0.3 is 0 Å². The van der Waals surface area contributed by atoms with Crippen molar-refractivity contribution in [2.24, 2.45) is 0 Å². The first-order valence-electron chi connectivity index (χ1n) is 35.2. The van der Waals surface area contributed by atoms with Crippen LogP contribution >= 0.6 is 0 Å². The largest absolute Gasteiger partial charge is 0.310 e. The normalized spacial score (nSPS) is 18.3. The van der Waals surface area contributed by atoms with Gasteiger partial charge in [-0.2, -0.15) is 0 Å². The van der Waals surface area contributed by atoms with Gasteiger partial charge in [0, 0.05) is 47.0 Å². The van der Waals surface area contributed by atoms with Gasteiger partial charge in [0.15, 0.2) is 34.9 Å². The number of fused-ring (bicyclic) bond motifs is 14. The highest BCUT2D eigenvalue weighted by molar-refractivity contribution is 6.00. The van der Waals surface area contributed by atoms with Crippen LogP contribution in [0.3, 0.4) is 0 Å². The van der Waals surface area contributed by atoms with E-state index < -0.39 is 51.1 Å². The van der Waals surface area contributed by atoms with Crippen molar-refractivity contribution in [2.75, 3.05) is 9.80 Å². The fourth-order valence-electron chi connectivity index (χ4n) is 18.6. The van der Waals surface area contributed by atoms with Crippen LogP contribution in [0.4, 0.5) is 60.5 Å². The van der Waals surface area contributed by atoms with Gasteiger partial charge in [-0.1, -0.05) is 218 Å². The zero-order chi connectivity index (χ0) is 70.5. The molecule has 0 radical (unpaired) electrons. The zero-order valence-corrected chi connectivity index (χ0v) is 57.3. The Morgan fingerprint density at radius 1 is 0.340 bits per heavy atom. The first-order valence-corrected chi connectivity index (χ1v) is 35.2. The molecule has 0 bridgehead atoms. The van der Waals surface area contributed by atoms with Gasteiger partial charge in [-0.25, -0.2) is 26.3 Å². The fraction of sp³-hybridized carbons (Fsp3) is 0.116. The Bertz CT molecular complexity index is 5780. The van der Waals surface area contributed by atoms with Crippen LogP contribution in [0.25, 0.3) is 45.6 Å². The van der Waals surface area contributed by atoms with Crippen molar-refractivity contribution in [1.82, 2.24) is 0 Å². The second kappa shape index (κ2) is 23.7. The molecule has 2 nitrogen and oxygen atoms in total. The van der Waals surface area contributed by atoms with Crippen LogP contribution in [0, 0.1) is 62.6 Å². The average Bonchev–Trinajstić information content (AvgIpc) is 1.53. The molecule has 0 heterocycles. The van der Waals surface area contributed by atoms with Gasteiger partial charge in [-0.05, 0) is 235 Å². The average molecular weight is 1350 g/mol. The number of hydrogen-bond acceptors (Lipinski definition) is 2. The van der Waals surface area contributed by atoms with Gasteiger partial charge in [0.25, 0.3) is 0 Å². The lowest BCUT2D eigenvalue weighted by molar-refractivity contribution is 0.447. The highest BCUT2D eigenvalue weighted by Crippen LogP contribution is 2.66. The van der Waals surface area contributed by atoms with E-state index in [4.69, 9.17) is 0 Å². The van der Waals surface area contributed by atoms with Crippen molar-refractivity contribution < 1.29 is 26.3 Å². The lowest BCUT2D eigenvalue weighted by Crippen LogP contribution is -2.31. The van der Waals surface area contributed by atoms with Crippen molar-refractivity contribution in [3.63, 3.8) is 0 Å². The molecule has 0 aliphatic heterocycles. The molecule has 0 amide bonds. The predicted octanol–water partition coefficient (Wildman–Crippen LogP) is 25.2. The van der Waals surface area contributed by atoms with Crippen molar-refractivity contribution in [2.45, 2.75) is 69.6 Å². The van der Waals surface area contributed by atoms with E-state index >= 15 is 26.3 Å². The summed E-state index contributed by atoms with van der Waals surface area (Å²) in [5.74, 6) is -8.51. The molecule has 103 heavy (non-hydrogen) atoms. The number of rotatable bonds is 12. The molecule has 0 N–H and O–H groups in total. The molecule has 3 atom stereocenters. The number of aryl methyl sites for hydroxylation is 4. The highest BCUT2D eigenvalue weighted by atomic mass is 19.2. The molecule has 0 fully saturated rings. The van der Waals surface area contributed by atoms with E-state index in [2.05, 4.69) is 241 Å². The Hall–Kier alpha value is -11.7. The molecule has 6 aliphatic rings. The van der Waals surface area contributed by atoms with Gasteiger partial charge in [0.05, 0.1) is 27.6 Å². The zero-order valence-electron chi connectivity index (χ0n) is 57.3. The number of anilines is 6. The van der Waals surface area contributed by atoms with E-state index in [1.54, 1.807) is 0 Å². The number of hydrogen-bond donors (Lipinski definition) is 0. The first-order chi connectivity index (χ1) is 50.1. The van der Waals surface area contributed by atoms with Crippen molar-refractivity contribution >= 4 is 57.4 Å². The topological polar surface area (TPSA) is 6.48 Å². The molecule has 18 rings (SSSR count). The number of nitrogens with zero attached hydrogens (tertiary/aromatic N) is 2. The Labute approximate surface area is 596 Å². The van der Waals surface area contributed by atoms with Crippen molar-refractivity contribution in [3.8, 4) is 22.3 Å². The van der Waals surface area contributed by atoms with E-state index in [1.165, 1.54) is 5.57 Å². The van der Waals surface area contributed by atoms with Crippen LogP contribution in [0.2, 0.25) is 0 Å². The summed E-state index contributed by atoms with van der Waals surface area (Å²) in [4.78, 5) is 3.69. The van der Waals surface area contributed by atoms with Crippen LogP contribution in [-0.4, -0.2) is 0 Å². The lowest BCUT2D eigenvalue weighted by atomic mass is 9.65. The maximum atomic E-state index is 16.4. The summed E-state index contributed by atoms with van der Waals surface area (Å²) in [6.45, 7) is 16.7. The minimum atomic E-state index is -1.58. The first kappa shape index (κ1) is 63.4. The van der Waals surface area contributed by atoms with Crippen LogP contribution in [-0.2, 0) is 16.2 Å². The highest BCUT2D eigenvalue weighted by Gasteiger charge is 2.54. The molecule has 12 aromatic rings. The summed E-state index contributed by atoms with van der Waals surface area (Å²) in [5, 5.41) is 0. The van der Waals surface area contributed by atoms with Crippen LogP contribution in [0.1, 0.15) is 126 Å². The summed E-state index contributed by atoms with van der Waals surface area (Å²) < 4.78 is 96.8. The number of allylic oxidation sites excluding steroid dienone is 8. The summed E-state index contributed by atoms with van der Waals surface area (Å²) in [5.41, 5.74) is 26.5. The molecule has 3 unspecified atom stereocenters. The van der Waals surface area contributed by atoms with E-state index in [0.29, 0.717) is 29.2 Å². The summed E-state index contributed by atoms with van der Waals surface area (Å²) in [7, 11) is 0. The second-order valence-corrected chi connectivity index (χ2v) is 28.3. The standard InChI is InChI=1S/C95H68F6N2/c1-7-59-29-33-61(34-30-59)93(81-45-55(3)25-27-57(81)5)77-21-13-9-17-69(77)73-41-37-63(47-83(73)93)102(67-51-87(96)91(100)88(97)52-67)65-39-43-75-71-19-11-15-23-79(71)95(85(75)49-65)80-24-16-12-20-72(80)76-44-40-66(50-86(76)95)103(68-53-89(98)92(101)90(99)54-68)64-38-42-74-70-18-10-14-22-78(70)94(84(74)48-64,62-35-31-60(8-2)32-36-62)82-46-56(4)26-28-58(82)6/h7-9,11-15,17,19-23,25-54H,1-2,10,16,18,24H2,3-6H3. The van der Waals surface area contributed by atoms with E-state index in [1.807, 2.05) is 52.3 Å². The van der Waals surface area contributed by atoms with E-state index in [-0.39, 0.29) is 11.4 Å². The van der Waals surface area contributed by atoms with Crippen molar-refractivity contribution in [1.29, 1.82) is 0 Å². The Balaban J connectivity index is 0.875. The molecule has 500 valence electrons. The van der Waals surface area contributed by atoms with Gasteiger partial charge in [-0.3, -0.25) is 0 Å². The third-order valence-electron chi connectivity index (χ3n) is 22.9. The quantitative estimate of drug-likeness (QED) is 0.0888. The monoisotopic (exact) mass is 1350 g/mol. The molecule has 0 saturated heterocycles. The predicted molar refractivity (Wildman–Crippen MR) is 407 cm³/mol. The maximum Gasteiger partial charge on any atom is 0.194 e. The Morgan fingerprint density at radius 2 is 0.738 bits per heavy atom. The Morgan fingerprint density at radius 3 is 1.24 bits per heavy atom. The SMILES string of the molecule is C=Cc1ccc(C2(c3cc(C)ccc3C)C3=C(CCC=C3)c3ccc(N(c4cc(F)c(F)c(F)c4)c4ccc5c(c4)C4(C6=C5C=CCC6)c5ccccc5-c5ccc(N(c6cc(F)c(F)c(F)c6)c6ccc7c(c6)C(c6ccc(C=C)cc6)(c6cc(C)ccc6C)c6ccccc6-7)cc54)cc32)cc1. The molecule has 0 saturated carbocycles. The van der Waals surface area contributed by atoms with Gasteiger partial charge in [0.2, 0.25) is 0 Å². The minimum Gasteiger partial charge on any atom is -0.310 e. The van der Waals surface area contributed by atoms with Gasteiger partial charge < -0.3 is 9.80 Å². The van der Waals surface area contributed by atoms with Crippen LogP contribution in [0.15, 0.2) is 279 Å². The molecular formula is C95H68F6N2. The second-order valence-electron chi connectivity index (χ2n) is 28.3. The molecule has 8 heteroatoms. The van der Waals surface area contributed by atoms with Crippen molar-refractivity contribution in [3.05, 3.63) is 414 Å². The van der Waals surface area contributed by atoms with Gasteiger partial charge in [0.1, 0.15) is 0 Å². The summed E-state index contributed by atoms with van der Waals surface area (Å²) >= 11 is 0. The fourth-order valence-corrected chi connectivity index (χ4v) is 18.6. The lowest BCUT2D eigenvalue weighted by Gasteiger charge is -2.38. The van der Waals surface area contributed by atoms with Crippen LogP contribution in [0.5, 0.6) is 0 Å². The third-order valence-corrected chi connectivity index (χ3v) is 22.9. The summed E-state index contributed by atoms with van der Waals surface area (Å²) in [6, 6.07) is 76.3. The minimum absolute atomic E-state index is 0.0600. The molecular weight excluding hydrogens is 1280 g/mol. The number of benzene rings is 12. The Kier molecular flexibility index (Phi) is 14.6. The molecule has 12 aromatic carbocycles. The third kappa shape index (κ3) is 9.08.